The summed E-state index contributed by atoms with van der Waals surface area (Å²) in [6.07, 6.45) is 5.12. The standard InChI is InChI=1S/C15H21BrN2O4S2/c1-23(19,20)13-4-5-14(16)15(10-13)24(21,22)17-11-6-8-18(9-7-11)12-2-3-12/h4-5,10-12,17H,2-3,6-9H2,1H3. The van der Waals surface area contributed by atoms with E-state index in [4.69, 9.17) is 0 Å². The topological polar surface area (TPSA) is 83.5 Å². The zero-order chi connectivity index (χ0) is 17.5. The van der Waals surface area contributed by atoms with E-state index in [0.29, 0.717) is 10.5 Å². The molecule has 1 heterocycles. The number of sulfone groups is 1. The fraction of sp³-hybridized carbons (Fsp3) is 0.600. The highest BCUT2D eigenvalue weighted by molar-refractivity contribution is 9.10. The van der Waals surface area contributed by atoms with Gasteiger partial charge in [0, 0.05) is 22.8 Å². The van der Waals surface area contributed by atoms with Gasteiger partial charge in [-0.1, -0.05) is 0 Å². The largest absolute Gasteiger partial charge is 0.300 e. The maximum absolute atomic E-state index is 12.7. The molecule has 0 aromatic heterocycles. The van der Waals surface area contributed by atoms with Gasteiger partial charge in [-0.05, 0) is 72.9 Å². The lowest BCUT2D eigenvalue weighted by molar-refractivity contribution is 0.199. The van der Waals surface area contributed by atoms with Gasteiger partial charge in [-0.3, -0.25) is 0 Å². The molecule has 3 rings (SSSR count). The number of piperidine rings is 1. The smallest absolute Gasteiger partial charge is 0.241 e. The number of hydrogen-bond acceptors (Lipinski definition) is 5. The normalized spacial score (nSPS) is 21.1. The summed E-state index contributed by atoms with van der Waals surface area (Å²) in [6, 6.07) is 4.65. The van der Waals surface area contributed by atoms with Crippen LogP contribution in [0.25, 0.3) is 0 Å². The summed E-state index contributed by atoms with van der Waals surface area (Å²) < 4.78 is 51.8. The summed E-state index contributed by atoms with van der Waals surface area (Å²) in [4.78, 5) is 2.38. The molecule has 0 radical (unpaired) electrons. The molecule has 0 amide bonds. The highest BCUT2D eigenvalue weighted by atomic mass is 79.9. The number of hydrogen-bond donors (Lipinski definition) is 1. The van der Waals surface area contributed by atoms with Crippen LogP contribution in [0.15, 0.2) is 32.5 Å². The molecule has 2 aliphatic rings. The molecule has 0 spiro atoms. The van der Waals surface area contributed by atoms with Crippen molar-refractivity contribution in [2.45, 2.75) is 47.6 Å². The minimum Gasteiger partial charge on any atom is -0.300 e. The van der Waals surface area contributed by atoms with Crippen molar-refractivity contribution in [2.75, 3.05) is 19.3 Å². The van der Waals surface area contributed by atoms with E-state index in [1.165, 1.54) is 31.0 Å². The zero-order valence-corrected chi connectivity index (χ0v) is 16.6. The maximum atomic E-state index is 12.7. The Morgan fingerprint density at radius 1 is 1.08 bits per heavy atom. The number of nitrogens with one attached hydrogen (secondary N) is 1. The van der Waals surface area contributed by atoms with Crippen LogP contribution in [0.3, 0.4) is 0 Å². The molecule has 134 valence electrons. The van der Waals surface area contributed by atoms with E-state index in [9.17, 15) is 16.8 Å². The quantitative estimate of drug-likeness (QED) is 0.759. The van der Waals surface area contributed by atoms with E-state index >= 15 is 0 Å². The summed E-state index contributed by atoms with van der Waals surface area (Å²) in [5.41, 5.74) is 0. The van der Waals surface area contributed by atoms with Crippen LogP contribution in [0, 0.1) is 0 Å². The lowest BCUT2D eigenvalue weighted by Gasteiger charge is -2.32. The van der Waals surface area contributed by atoms with Crippen molar-refractivity contribution in [2.24, 2.45) is 0 Å². The van der Waals surface area contributed by atoms with Crippen LogP contribution < -0.4 is 4.72 Å². The van der Waals surface area contributed by atoms with Crippen molar-refractivity contribution in [1.82, 2.24) is 9.62 Å². The van der Waals surface area contributed by atoms with Crippen LogP contribution in [0.4, 0.5) is 0 Å². The average Bonchev–Trinajstić information content (AvgIpc) is 3.31. The molecular weight excluding hydrogens is 416 g/mol. The van der Waals surface area contributed by atoms with Gasteiger partial charge in [0.2, 0.25) is 10.0 Å². The Labute approximate surface area is 151 Å². The van der Waals surface area contributed by atoms with Gasteiger partial charge < -0.3 is 4.90 Å². The average molecular weight is 437 g/mol. The van der Waals surface area contributed by atoms with Crippen LogP contribution in [0.5, 0.6) is 0 Å². The predicted molar refractivity (Wildman–Crippen MR) is 95.2 cm³/mol. The number of sulfonamides is 1. The van der Waals surface area contributed by atoms with Crippen molar-refractivity contribution in [3.05, 3.63) is 22.7 Å². The van der Waals surface area contributed by atoms with Gasteiger partial charge in [0.25, 0.3) is 0 Å². The number of nitrogens with zero attached hydrogens (tertiary/aromatic N) is 1. The van der Waals surface area contributed by atoms with Gasteiger partial charge in [-0.25, -0.2) is 21.6 Å². The Morgan fingerprint density at radius 3 is 2.25 bits per heavy atom. The van der Waals surface area contributed by atoms with Gasteiger partial charge >= 0.3 is 0 Å². The number of benzene rings is 1. The third kappa shape index (κ3) is 4.19. The Morgan fingerprint density at radius 2 is 1.71 bits per heavy atom. The lowest BCUT2D eigenvalue weighted by Crippen LogP contribution is -2.45. The van der Waals surface area contributed by atoms with Crippen molar-refractivity contribution in [3.63, 3.8) is 0 Å². The number of halogens is 1. The van der Waals surface area contributed by atoms with Crippen LogP contribution >= 0.6 is 15.9 Å². The predicted octanol–water partition coefficient (Wildman–Crippen LogP) is 1.76. The molecular formula is C15H21BrN2O4S2. The molecule has 0 bridgehead atoms. The number of likely N-dealkylation sites (tertiary alicyclic amines) is 1. The van der Waals surface area contributed by atoms with Crippen LogP contribution in [-0.4, -0.2) is 53.2 Å². The molecule has 9 heteroatoms. The molecule has 1 aromatic carbocycles. The summed E-state index contributed by atoms with van der Waals surface area (Å²) in [5.74, 6) is 0. The summed E-state index contributed by atoms with van der Waals surface area (Å²) in [7, 11) is -7.24. The Bertz CT molecular complexity index is 827. The van der Waals surface area contributed by atoms with Gasteiger partial charge in [-0.15, -0.1) is 0 Å². The van der Waals surface area contributed by atoms with Crippen molar-refractivity contribution in [3.8, 4) is 0 Å². The molecule has 0 atom stereocenters. The monoisotopic (exact) mass is 436 g/mol. The van der Waals surface area contributed by atoms with Crippen LogP contribution in [0.2, 0.25) is 0 Å². The Kier molecular flexibility index (Phi) is 5.10. The fourth-order valence-electron chi connectivity index (χ4n) is 3.03. The van der Waals surface area contributed by atoms with E-state index in [0.717, 1.165) is 32.2 Å². The minimum absolute atomic E-state index is 0.00497. The first-order valence-electron chi connectivity index (χ1n) is 7.93. The maximum Gasteiger partial charge on any atom is 0.241 e. The molecule has 24 heavy (non-hydrogen) atoms. The minimum atomic E-state index is -3.78. The van der Waals surface area contributed by atoms with E-state index in [2.05, 4.69) is 25.6 Å². The zero-order valence-electron chi connectivity index (χ0n) is 13.4. The Balaban J connectivity index is 1.75. The summed E-state index contributed by atoms with van der Waals surface area (Å²) in [5, 5.41) is 0. The Hall–Kier alpha value is -0.480. The van der Waals surface area contributed by atoms with Gasteiger partial charge in [0.15, 0.2) is 9.84 Å². The third-order valence-corrected chi connectivity index (χ3v) is 8.16. The van der Waals surface area contributed by atoms with Crippen molar-refractivity contribution < 1.29 is 16.8 Å². The highest BCUT2D eigenvalue weighted by Gasteiger charge is 2.33. The van der Waals surface area contributed by atoms with E-state index in [1.807, 2.05) is 0 Å². The fourth-order valence-corrected chi connectivity index (χ4v) is 6.04. The van der Waals surface area contributed by atoms with Crippen molar-refractivity contribution in [1.29, 1.82) is 0 Å². The lowest BCUT2D eigenvalue weighted by atomic mass is 10.1. The van der Waals surface area contributed by atoms with Gasteiger partial charge in [0.05, 0.1) is 9.79 Å². The second-order valence-electron chi connectivity index (χ2n) is 6.53. The number of rotatable bonds is 5. The van der Waals surface area contributed by atoms with Crippen LogP contribution in [0.1, 0.15) is 25.7 Å². The molecule has 1 saturated heterocycles. The van der Waals surface area contributed by atoms with E-state index < -0.39 is 19.9 Å². The first-order valence-corrected chi connectivity index (χ1v) is 12.1. The molecule has 1 aromatic rings. The second-order valence-corrected chi connectivity index (χ2v) is 11.1. The van der Waals surface area contributed by atoms with Crippen molar-refractivity contribution >= 4 is 35.8 Å². The molecule has 1 saturated carbocycles. The molecule has 6 nitrogen and oxygen atoms in total. The van der Waals surface area contributed by atoms with Crippen LogP contribution in [-0.2, 0) is 19.9 Å². The second kappa shape index (κ2) is 6.68. The van der Waals surface area contributed by atoms with Gasteiger partial charge in [-0.2, -0.15) is 0 Å². The van der Waals surface area contributed by atoms with E-state index in [1.54, 1.807) is 0 Å². The molecule has 1 N–H and O–H groups in total. The first-order chi connectivity index (χ1) is 11.2. The third-order valence-electron chi connectivity index (χ3n) is 4.53. The summed E-state index contributed by atoms with van der Waals surface area (Å²) in [6.45, 7) is 1.81. The summed E-state index contributed by atoms with van der Waals surface area (Å²) >= 11 is 3.21. The first kappa shape index (κ1) is 18.3. The molecule has 2 fully saturated rings. The molecule has 0 unspecified atom stereocenters. The SMILES string of the molecule is CS(=O)(=O)c1ccc(Br)c(S(=O)(=O)NC2CCN(C3CC3)CC2)c1. The molecule has 1 aliphatic heterocycles. The highest BCUT2D eigenvalue weighted by Crippen LogP contribution is 2.30. The van der Waals surface area contributed by atoms with Gasteiger partial charge in [0.1, 0.15) is 0 Å². The molecule has 1 aliphatic carbocycles. The van der Waals surface area contributed by atoms with E-state index in [-0.39, 0.29) is 15.8 Å².